The highest BCUT2D eigenvalue weighted by molar-refractivity contribution is 5.83. The summed E-state index contributed by atoms with van der Waals surface area (Å²) in [4.78, 5) is 39.3. The molecule has 0 saturated carbocycles. The zero-order valence-corrected chi connectivity index (χ0v) is 32.8. The maximum Gasteiger partial charge on any atom is 0.311 e. The smallest absolute Gasteiger partial charge is 0.311 e. The Balaban J connectivity index is 2.19. The Morgan fingerprint density at radius 3 is 2.10 bits per heavy atom. The number of methoxy groups -OCH3 is 1. The molecular formula is C36H64N2O14. The van der Waals surface area contributed by atoms with Gasteiger partial charge in [-0.3, -0.25) is 14.6 Å². The van der Waals surface area contributed by atoms with Gasteiger partial charge >= 0.3 is 5.97 Å². The number of carbonyl (C=O) groups is 2. The number of nitrogens with zero attached hydrogens (tertiary/aromatic N) is 2. The number of hydrogen-bond acceptors (Lipinski definition) is 15. The summed E-state index contributed by atoms with van der Waals surface area (Å²) in [5.74, 6) is -5.31. The van der Waals surface area contributed by atoms with Crippen LogP contribution in [0, 0.1) is 28.6 Å². The van der Waals surface area contributed by atoms with E-state index in [-0.39, 0.29) is 25.7 Å². The summed E-state index contributed by atoms with van der Waals surface area (Å²) in [7, 11) is 2.88. The molecule has 0 aliphatic carbocycles. The molecule has 52 heavy (non-hydrogen) atoms. The Kier molecular flexibility index (Phi) is 14.8. The van der Waals surface area contributed by atoms with E-state index in [9.17, 15) is 40.0 Å². The minimum atomic E-state index is -2.03. The fraction of sp³-hybridized carbons (Fsp3) is 0.944. The predicted octanol–water partition coefficient (Wildman–Crippen LogP) is 1.84. The van der Waals surface area contributed by atoms with Gasteiger partial charge in [0.25, 0.3) is 0 Å². The molecular weight excluding hydrogens is 684 g/mol. The third-order valence-electron chi connectivity index (χ3n) is 11.8. The number of Topliss-reactive ketones (excluding diaryl/α,β-unsaturated/α-hetero) is 1. The number of esters is 1. The standard InChI is InChI=1S/C36H64N2O14/c1-13-24-36(10,45)29(41)19(4)26(39)17(2)15-34(8,44)31(52-33-27(40)23(38(11)37-46)14-18(3)48-33)20(5)28(21(6)32(43)50-24)51-25-16-35(9,47-12)30(42)22(7)49-25/h17-25,27-31,33,40-42,44-45H,13-16H2,1-12H3/t17-,18-,19+,20+,21-,22+,23+,24-,25+,27-,28+,29-,30+,31-,33+,34-,35-,36-/m1/s1. The second-order valence-corrected chi connectivity index (χ2v) is 16.2. The van der Waals surface area contributed by atoms with Crippen molar-refractivity contribution in [1.29, 1.82) is 0 Å². The quantitative estimate of drug-likeness (QED) is 0.136. The van der Waals surface area contributed by atoms with Crippen LogP contribution in [-0.4, -0.2) is 141 Å². The number of rotatable bonds is 8. The van der Waals surface area contributed by atoms with Crippen molar-refractivity contribution in [3.63, 3.8) is 0 Å². The van der Waals surface area contributed by atoms with Gasteiger partial charge in [0.05, 0.1) is 59.0 Å². The molecule has 3 aliphatic heterocycles. The predicted molar refractivity (Wildman–Crippen MR) is 186 cm³/mol. The van der Waals surface area contributed by atoms with Gasteiger partial charge in [0, 0.05) is 38.3 Å². The van der Waals surface area contributed by atoms with E-state index in [1.165, 1.54) is 34.9 Å². The molecule has 18 atom stereocenters. The van der Waals surface area contributed by atoms with Gasteiger partial charge in [-0.2, -0.15) is 0 Å². The van der Waals surface area contributed by atoms with Crippen LogP contribution < -0.4 is 0 Å². The van der Waals surface area contributed by atoms with Gasteiger partial charge in [-0.05, 0) is 60.8 Å². The molecule has 0 amide bonds. The monoisotopic (exact) mass is 748 g/mol. The summed E-state index contributed by atoms with van der Waals surface area (Å²) in [5, 5.41) is 61.5. The first-order chi connectivity index (χ1) is 24.0. The SMILES string of the molecule is CC[C@H]1OC(=O)[C@H](C)[C@@H](O[C@H]2C[C@@](C)(OC)[C@@H](O)[C@H](C)O2)[C@H](C)[C@@H](O[C@@H]2O[C@H](C)C[C@H](N(C)N=O)[C@H]2O)[C@](C)(O)C[C@@H](C)C(=O)[C@H](C)[C@@H](O)[C@]1(C)O. The molecule has 16 nitrogen and oxygen atoms in total. The van der Waals surface area contributed by atoms with Crippen molar-refractivity contribution in [3.05, 3.63) is 4.91 Å². The van der Waals surface area contributed by atoms with Crippen LogP contribution in [0.4, 0.5) is 0 Å². The van der Waals surface area contributed by atoms with Crippen LogP contribution in [-0.2, 0) is 38.0 Å². The summed E-state index contributed by atoms with van der Waals surface area (Å²) in [6.45, 7) is 15.9. The van der Waals surface area contributed by atoms with Crippen molar-refractivity contribution in [2.75, 3.05) is 14.2 Å². The van der Waals surface area contributed by atoms with E-state index < -0.39 is 120 Å². The van der Waals surface area contributed by atoms with Crippen molar-refractivity contribution in [3.8, 4) is 0 Å². The number of hydrogen-bond donors (Lipinski definition) is 5. The third-order valence-corrected chi connectivity index (χ3v) is 11.8. The molecule has 0 spiro atoms. The molecule has 0 unspecified atom stereocenters. The van der Waals surface area contributed by atoms with Crippen LogP contribution in [0.3, 0.4) is 0 Å². The van der Waals surface area contributed by atoms with Gasteiger partial charge in [0.1, 0.15) is 29.7 Å². The lowest BCUT2D eigenvalue weighted by atomic mass is 9.74. The first kappa shape index (κ1) is 44.5. The zero-order chi connectivity index (χ0) is 39.7. The summed E-state index contributed by atoms with van der Waals surface area (Å²) >= 11 is 0. The summed E-state index contributed by atoms with van der Waals surface area (Å²) < 4.78 is 36.7. The van der Waals surface area contributed by atoms with E-state index in [1.54, 1.807) is 48.5 Å². The lowest BCUT2D eigenvalue weighted by molar-refractivity contribution is -0.318. The Labute approximate surface area is 307 Å². The highest BCUT2D eigenvalue weighted by Gasteiger charge is 2.53. The van der Waals surface area contributed by atoms with Gasteiger partial charge in [-0.1, -0.05) is 27.7 Å². The topological polar surface area (TPSA) is 223 Å². The fourth-order valence-corrected chi connectivity index (χ4v) is 8.33. The van der Waals surface area contributed by atoms with E-state index >= 15 is 0 Å². The van der Waals surface area contributed by atoms with Crippen molar-refractivity contribution in [2.24, 2.45) is 29.0 Å². The number of ketones is 1. The van der Waals surface area contributed by atoms with Crippen molar-refractivity contribution in [2.45, 2.75) is 179 Å². The van der Waals surface area contributed by atoms with Crippen LogP contribution in [0.1, 0.15) is 94.9 Å². The number of likely N-dealkylation sites (N-methyl/N-ethyl adjacent to an activating group) is 1. The van der Waals surface area contributed by atoms with Gasteiger partial charge < -0.3 is 54.0 Å². The summed E-state index contributed by atoms with van der Waals surface area (Å²) in [6, 6.07) is -0.789. The van der Waals surface area contributed by atoms with Crippen molar-refractivity contribution < 1.29 is 63.5 Å². The molecule has 3 heterocycles. The van der Waals surface area contributed by atoms with Crippen LogP contribution >= 0.6 is 0 Å². The van der Waals surface area contributed by atoms with Crippen molar-refractivity contribution >= 4 is 11.8 Å². The molecule has 0 radical (unpaired) electrons. The molecule has 5 N–H and O–H groups in total. The number of carbonyl (C=O) groups excluding carboxylic acids is 2. The zero-order valence-electron chi connectivity index (χ0n) is 32.8. The van der Waals surface area contributed by atoms with E-state index in [0.717, 1.165) is 5.01 Å². The highest BCUT2D eigenvalue weighted by atomic mass is 16.7. The lowest BCUT2D eigenvalue weighted by Crippen LogP contribution is -2.61. The van der Waals surface area contributed by atoms with Gasteiger partial charge in [-0.15, -0.1) is 4.91 Å². The maximum absolute atomic E-state index is 14.1. The molecule has 0 aromatic carbocycles. The first-order valence-electron chi connectivity index (χ1n) is 18.4. The largest absolute Gasteiger partial charge is 0.459 e. The van der Waals surface area contributed by atoms with Crippen LogP contribution in [0.15, 0.2) is 5.29 Å². The number of nitroso groups, excluding NO2 is 1. The second-order valence-electron chi connectivity index (χ2n) is 16.2. The Hall–Kier alpha value is -1.86. The molecule has 16 heteroatoms. The number of aliphatic hydroxyl groups excluding tert-OH is 3. The fourth-order valence-electron chi connectivity index (χ4n) is 8.33. The lowest BCUT2D eigenvalue weighted by Gasteiger charge is -2.49. The van der Waals surface area contributed by atoms with E-state index in [0.29, 0.717) is 0 Å². The number of ether oxygens (including phenoxy) is 6. The number of cyclic esters (lactones) is 1. The average Bonchev–Trinajstić information content (AvgIpc) is 3.08. The van der Waals surface area contributed by atoms with E-state index in [4.69, 9.17) is 28.4 Å². The van der Waals surface area contributed by atoms with Crippen LogP contribution in [0.5, 0.6) is 0 Å². The Bertz CT molecular complexity index is 1220. The molecule has 0 aromatic heterocycles. The van der Waals surface area contributed by atoms with E-state index in [2.05, 4.69) is 5.29 Å². The molecule has 3 rings (SSSR count). The minimum absolute atomic E-state index is 0.0541. The molecule has 302 valence electrons. The summed E-state index contributed by atoms with van der Waals surface area (Å²) in [5.41, 5.74) is -4.99. The first-order valence-corrected chi connectivity index (χ1v) is 18.4. The minimum Gasteiger partial charge on any atom is -0.459 e. The van der Waals surface area contributed by atoms with Gasteiger partial charge in [-0.25, -0.2) is 0 Å². The Morgan fingerprint density at radius 2 is 1.54 bits per heavy atom. The number of aliphatic hydroxyl groups is 5. The molecule has 0 aromatic rings. The Morgan fingerprint density at radius 1 is 0.923 bits per heavy atom. The molecule has 3 fully saturated rings. The molecule has 3 saturated heterocycles. The molecule has 3 aliphatic rings. The van der Waals surface area contributed by atoms with Gasteiger partial charge in [0.2, 0.25) is 0 Å². The van der Waals surface area contributed by atoms with Crippen LogP contribution in [0.25, 0.3) is 0 Å². The second kappa shape index (κ2) is 17.3. The summed E-state index contributed by atoms with van der Waals surface area (Å²) in [6.07, 6.45) is -11.2. The van der Waals surface area contributed by atoms with E-state index in [1.807, 2.05) is 0 Å². The maximum atomic E-state index is 14.1. The highest BCUT2D eigenvalue weighted by Crippen LogP contribution is 2.40. The van der Waals surface area contributed by atoms with Crippen LogP contribution in [0.2, 0.25) is 0 Å². The average molecular weight is 749 g/mol. The van der Waals surface area contributed by atoms with Crippen molar-refractivity contribution in [1.82, 2.24) is 5.01 Å². The normalized spacial score (nSPS) is 48.8. The molecule has 0 bridgehead atoms. The third kappa shape index (κ3) is 9.32. The van der Waals surface area contributed by atoms with Gasteiger partial charge in [0.15, 0.2) is 12.6 Å².